The van der Waals surface area contributed by atoms with E-state index in [0.717, 1.165) is 46.9 Å². The molecule has 2 amide bonds. The summed E-state index contributed by atoms with van der Waals surface area (Å²) >= 11 is 6.85. The normalized spacial score (nSPS) is 21.5. The minimum absolute atomic E-state index is 0.00341. The molecule has 2 fully saturated rings. The molecule has 1 N–H and O–H groups in total. The van der Waals surface area contributed by atoms with E-state index >= 15 is 0 Å². The number of carbonyl (C=O) groups excluding carboxylic acids is 2. The number of piperidine rings is 1. The molecule has 3 rings (SSSR count). The third-order valence-electron chi connectivity index (χ3n) is 4.22. The van der Waals surface area contributed by atoms with Crippen molar-refractivity contribution < 1.29 is 9.59 Å². The lowest BCUT2D eigenvalue weighted by Gasteiger charge is -2.32. The molecule has 0 bridgehead atoms. The van der Waals surface area contributed by atoms with Crippen LogP contribution in [0, 0.1) is 11.8 Å². The van der Waals surface area contributed by atoms with Crippen LogP contribution in [0.3, 0.4) is 0 Å². The smallest absolute Gasteiger partial charge is 0.229 e. The molecule has 0 aromatic heterocycles. The van der Waals surface area contributed by atoms with E-state index in [0.29, 0.717) is 6.54 Å². The van der Waals surface area contributed by atoms with Gasteiger partial charge in [0.05, 0.1) is 11.6 Å². The number of hydrogen-bond acceptors (Lipinski definition) is 2. The number of nitrogens with zero attached hydrogens (tertiary/aromatic N) is 1. The van der Waals surface area contributed by atoms with Crippen LogP contribution >= 0.6 is 31.9 Å². The topological polar surface area (TPSA) is 49.4 Å². The highest BCUT2D eigenvalue weighted by Crippen LogP contribution is 2.33. The van der Waals surface area contributed by atoms with Crippen molar-refractivity contribution in [3.63, 3.8) is 0 Å². The maximum absolute atomic E-state index is 12.5. The second kappa shape index (κ2) is 6.71. The molecule has 1 aromatic carbocycles. The minimum atomic E-state index is -0.119. The Hall–Kier alpha value is -0.880. The van der Waals surface area contributed by atoms with Gasteiger partial charge in [-0.3, -0.25) is 9.59 Å². The van der Waals surface area contributed by atoms with E-state index in [2.05, 4.69) is 37.2 Å². The quantitative estimate of drug-likeness (QED) is 0.794. The Morgan fingerprint density at radius 1 is 1.14 bits per heavy atom. The first-order valence-electron chi connectivity index (χ1n) is 7.59. The molecule has 1 aliphatic heterocycles. The zero-order valence-corrected chi connectivity index (χ0v) is 15.3. The largest absolute Gasteiger partial charge is 0.342 e. The lowest BCUT2D eigenvalue weighted by Crippen LogP contribution is -2.44. The molecule has 2 aliphatic rings. The second-order valence-electron chi connectivity index (χ2n) is 6.01. The fourth-order valence-electron chi connectivity index (χ4n) is 2.81. The fraction of sp³-hybridized carbons (Fsp3) is 0.500. The molecule has 1 saturated heterocycles. The van der Waals surface area contributed by atoms with Gasteiger partial charge in [-0.2, -0.15) is 0 Å². The van der Waals surface area contributed by atoms with E-state index in [9.17, 15) is 9.59 Å². The highest BCUT2D eigenvalue weighted by atomic mass is 79.9. The molecule has 0 spiro atoms. The van der Waals surface area contributed by atoms with Gasteiger partial charge >= 0.3 is 0 Å². The molecule has 6 heteroatoms. The van der Waals surface area contributed by atoms with Crippen LogP contribution in [0.1, 0.15) is 25.7 Å². The lowest BCUT2D eigenvalue weighted by molar-refractivity contribution is -0.135. The Morgan fingerprint density at radius 2 is 1.91 bits per heavy atom. The maximum Gasteiger partial charge on any atom is 0.229 e. The van der Waals surface area contributed by atoms with Crippen LogP contribution in [0.2, 0.25) is 0 Å². The number of hydrogen-bond donors (Lipinski definition) is 1. The molecular formula is C16H18Br2N2O2. The van der Waals surface area contributed by atoms with Gasteiger partial charge in [0.2, 0.25) is 11.8 Å². The molecule has 118 valence electrons. The fourth-order valence-corrected chi connectivity index (χ4v) is 3.95. The maximum atomic E-state index is 12.5. The summed E-state index contributed by atoms with van der Waals surface area (Å²) in [5.41, 5.74) is 0.763. The van der Waals surface area contributed by atoms with Gasteiger partial charge in [0, 0.05) is 28.0 Å². The van der Waals surface area contributed by atoms with E-state index < -0.39 is 0 Å². The summed E-state index contributed by atoms with van der Waals surface area (Å²) in [4.78, 5) is 26.5. The van der Waals surface area contributed by atoms with Gasteiger partial charge in [-0.15, -0.1) is 0 Å². The van der Waals surface area contributed by atoms with Gasteiger partial charge in [-0.25, -0.2) is 0 Å². The van der Waals surface area contributed by atoms with E-state index in [1.165, 1.54) is 0 Å². The van der Waals surface area contributed by atoms with Crippen LogP contribution in [-0.2, 0) is 9.59 Å². The van der Waals surface area contributed by atoms with Gasteiger partial charge in [0.1, 0.15) is 0 Å². The number of nitrogens with one attached hydrogen (secondary N) is 1. The minimum Gasteiger partial charge on any atom is -0.342 e. The monoisotopic (exact) mass is 428 g/mol. The number of anilines is 1. The van der Waals surface area contributed by atoms with Crippen molar-refractivity contribution >= 4 is 49.4 Å². The molecule has 1 aromatic rings. The number of amides is 2. The molecule has 22 heavy (non-hydrogen) atoms. The zero-order chi connectivity index (χ0) is 15.7. The van der Waals surface area contributed by atoms with E-state index in [-0.39, 0.29) is 23.7 Å². The summed E-state index contributed by atoms with van der Waals surface area (Å²) in [7, 11) is 0. The van der Waals surface area contributed by atoms with Gasteiger partial charge in [0.25, 0.3) is 0 Å². The molecule has 0 radical (unpaired) electrons. The van der Waals surface area contributed by atoms with Gasteiger partial charge < -0.3 is 10.2 Å². The molecular weight excluding hydrogens is 412 g/mol. The van der Waals surface area contributed by atoms with Crippen LogP contribution in [-0.4, -0.2) is 29.8 Å². The first-order chi connectivity index (χ1) is 10.5. The predicted octanol–water partition coefficient (Wildman–Crippen LogP) is 3.80. The molecule has 1 aliphatic carbocycles. The van der Waals surface area contributed by atoms with Crippen LogP contribution in [0.4, 0.5) is 5.69 Å². The lowest BCUT2D eigenvalue weighted by atomic mass is 9.96. The Balaban J connectivity index is 1.62. The molecule has 1 saturated carbocycles. The number of halogens is 2. The average Bonchev–Trinajstić information content (AvgIpc) is 3.34. The highest BCUT2D eigenvalue weighted by molar-refractivity contribution is 9.11. The average molecular weight is 430 g/mol. The number of carbonyl (C=O) groups is 2. The summed E-state index contributed by atoms with van der Waals surface area (Å²) in [5, 5.41) is 2.97. The summed E-state index contributed by atoms with van der Waals surface area (Å²) in [6.45, 7) is 1.34. The van der Waals surface area contributed by atoms with Gasteiger partial charge in [-0.1, -0.05) is 15.9 Å². The van der Waals surface area contributed by atoms with Crippen LogP contribution in [0.5, 0.6) is 0 Å². The van der Waals surface area contributed by atoms with E-state index in [4.69, 9.17) is 0 Å². The number of benzene rings is 1. The van der Waals surface area contributed by atoms with E-state index in [1.807, 2.05) is 23.1 Å². The summed E-state index contributed by atoms with van der Waals surface area (Å²) in [6, 6.07) is 5.66. The summed E-state index contributed by atoms with van der Waals surface area (Å²) in [6.07, 6.45) is 3.77. The van der Waals surface area contributed by atoms with Crippen molar-refractivity contribution in [3.8, 4) is 0 Å². The Labute approximate surface area is 146 Å². The van der Waals surface area contributed by atoms with Crippen molar-refractivity contribution in [1.82, 2.24) is 4.90 Å². The van der Waals surface area contributed by atoms with Crippen LogP contribution in [0.15, 0.2) is 27.1 Å². The molecule has 1 heterocycles. The van der Waals surface area contributed by atoms with Crippen molar-refractivity contribution in [1.29, 1.82) is 0 Å². The van der Waals surface area contributed by atoms with Gasteiger partial charge in [0.15, 0.2) is 0 Å². The molecule has 4 nitrogen and oxygen atoms in total. The molecule has 1 unspecified atom stereocenters. The predicted molar refractivity (Wildman–Crippen MR) is 92.5 cm³/mol. The Kier molecular flexibility index (Phi) is 4.88. The van der Waals surface area contributed by atoms with Crippen LogP contribution < -0.4 is 5.32 Å². The number of rotatable bonds is 3. The third kappa shape index (κ3) is 3.71. The first kappa shape index (κ1) is 16.0. The second-order valence-corrected chi connectivity index (χ2v) is 7.78. The van der Waals surface area contributed by atoms with Gasteiger partial charge in [-0.05, 0) is 59.8 Å². The Bertz CT molecular complexity index is 602. The standard InChI is InChI=1S/C16H18Br2N2O2/c17-12-5-6-14(13(18)8-12)19-15(21)11-2-1-7-20(9-11)16(22)10-3-4-10/h5-6,8,10-11H,1-4,7,9H2,(H,19,21). The first-order valence-corrected chi connectivity index (χ1v) is 9.18. The van der Waals surface area contributed by atoms with Crippen molar-refractivity contribution in [3.05, 3.63) is 27.1 Å². The van der Waals surface area contributed by atoms with Crippen molar-refractivity contribution in [2.24, 2.45) is 11.8 Å². The number of likely N-dealkylation sites (tertiary alicyclic amines) is 1. The Morgan fingerprint density at radius 3 is 2.59 bits per heavy atom. The SMILES string of the molecule is O=C(Nc1ccc(Br)cc1Br)C1CCCN(C(=O)C2CC2)C1. The summed E-state index contributed by atoms with van der Waals surface area (Å²) in [5.74, 6) is 0.341. The van der Waals surface area contributed by atoms with Crippen molar-refractivity contribution in [2.45, 2.75) is 25.7 Å². The summed E-state index contributed by atoms with van der Waals surface area (Å²) < 4.78 is 1.80. The highest BCUT2D eigenvalue weighted by Gasteiger charge is 2.36. The van der Waals surface area contributed by atoms with Crippen molar-refractivity contribution in [2.75, 3.05) is 18.4 Å². The van der Waals surface area contributed by atoms with Crippen LogP contribution in [0.25, 0.3) is 0 Å². The van der Waals surface area contributed by atoms with E-state index in [1.54, 1.807) is 0 Å². The zero-order valence-electron chi connectivity index (χ0n) is 12.1. The third-order valence-corrected chi connectivity index (χ3v) is 5.37. The molecule has 1 atom stereocenters.